The second-order valence-electron chi connectivity index (χ2n) is 8.32. The van der Waals surface area contributed by atoms with Crippen molar-refractivity contribution in [2.24, 2.45) is 0 Å². The fraction of sp³-hybridized carbons (Fsp3) is 0.214. The Bertz CT molecular complexity index is 1340. The van der Waals surface area contributed by atoms with Crippen molar-refractivity contribution in [2.75, 3.05) is 33.3 Å². The number of para-hydroxylation sites is 2. The van der Waals surface area contributed by atoms with Crippen molar-refractivity contribution in [3.8, 4) is 11.5 Å². The minimum Gasteiger partial charge on any atom is -0.497 e. The normalized spacial score (nSPS) is 13.6. The van der Waals surface area contributed by atoms with Crippen LogP contribution in [-0.4, -0.2) is 54.9 Å². The summed E-state index contributed by atoms with van der Waals surface area (Å²) in [6.07, 6.45) is 0. The Morgan fingerprint density at radius 2 is 1.46 bits per heavy atom. The quantitative estimate of drug-likeness (QED) is 0.411. The highest BCUT2D eigenvalue weighted by Crippen LogP contribution is 2.29. The molecule has 7 heteroatoms. The lowest BCUT2D eigenvalue weighted by atomic mass is 10.1. The topological polar surface area (TPSA) is 72.2 Å². The van der Waals surface area contributed by atoms with E-state index in [9.17, 15) is 9.59 Å². The van der Waals surface area contributed by atoms with Gasteiger partial charge >= 0.3 is 0 Å². The van der Waals surface area contributed by atoms with Crippen LogP contribution in [0.3, 0.4) is 0 Å². The molecule has 1 aliphatic rings. The maximum atomic E-state index is 13.5. The number of benzene rings is 3. The lowest BCUT2D eigenvalue weighted by Gasteiger charge is -2.34. The number of rotatable bonds is 6. The van der Waals surface area contributed by atoms with Crippen LogP contribution in [0.15, 0.2) is 83.3 Å². The van der Waals surface area contributed by atoms with Gasteiger partial charge in [-0.15, -0.1) is 0 Å². The van der Waals surface area contributed by atoms with Gasteiger partial charge in [0.15, 0.2) is 5.76 Å². The third kappa shape index (κ3) is 4.71. The molecule has 0 spiro atoms. The summed E-state index contributed by atoms with van der Waals surface area (Å²) in [5, 5.41) is 0.860. The zero-order valence-electron chi connectivity index (χ0n) is 19.5. The molecule has 35 heavy (non-hydrogen) atoms. The molecular formula is C28H26N2O5. The predicted octanol–water partition coefficient (Wildman–Crippen LogP) is 4.62. The van der Waals surface area contributed by atoms with Crippen molar-refractivity contribution in [2.45, 2.75) is 6.61 Å². The first kappa shape index (κ1) is 22.5. The SMILES string of the molecule is COc1cccc(C(=O)N2CCN(C(=O)c3oc4ccccc4c3COc3ccccc3)CC2)c1. The second-order valence-corrected chi connectivity index (χ2v) is 8.32. The van der Waals surface area contributed by atoms with E-state index in [0.29, 0.717) is 43.1 Å². The summed E-state index contributed by atoms with van der Waals surface area (Å²) in [5.74, 6) is 1.38. The van der Waals surface area contributed by atoms with Crippen LogP contribution in [0.4, 0.5) is 0 Å². The van der Waals surface area contributed by atoms with Gasteiger partial charge in [0.05, 0.1) is 7.11 Å². The number of hydrogen-bond donors (Lipinski definition) is 0. The van der Waals surface area contributed by atoms with Crippen molar-refractivity contribution in [3.05, 3.63) is 95.7 Å². The van der Waals surface area contributed by atoms with E-state index in [2.05, 4.69) is 0 Å². The molecule has 1 saturated heterocycles. The van der Waals surface area contributed by atoms with Gasteiger partial charge in [-0.2, -0.15) is 0 Å². The zero-order chi connectivity index (χ0) is 24.2. The van der Waals surface area contributed by atoms with Crippen LogP contribution >= 0.6 is 0 Å². The van der Waals surface area contributed by atoms with E-state index in [4.69, 9.17) is 13.9 Å². The van der Waals surface area contributed by atoms with Crippen molar-refractivity contribution < 1.29 is 23.5 Å². The number of amides is 2. The average molecular weight is 471 g/mol. The molecule has 3 aromatic carbocycles. The smallest absolute Gasteiger partial charge is 0.290 e. The molecule has 5 rings (SSSR count). The van der Waals surface area contributed by atoms with E-state index in [1.54, 1.807) is 41.2 Å². The van der Waals surface area contributed by atoms with Gasteiger partial charge in [-0.05, 0) is 36.4 Å². The molecule has 0 N–H and O–H groups in total. The Hall–Kier alpha value is -4.26. The highest BCUT2D eigenvalue weighted by Gasteiger charge is 2.30. The predicted molar refractivity (Wildman–Crippen MR) is 132 cm³/mol. The average Bonchev–Trinajstić information content (AvgIpc) is 3.30. The van der Waals surface area contributed by atoms with Crippen LogP contribution in [0.2, 0.25) is 0 Å². The van der Waals surface area contributed by atoms with Crippen LogP contribution < -0.4 is 9.47 Å². The third-order valence-electron chi connectivity index (χ3n) is 6.19. The van der Waals surface area contributed by atoms with Crippen LogP contribution in [0.25, 0.3) is 11.0 Å². The Kier molecular flexibility index (Phi) is 6.39. The summed E-state index contributed by atoms with van der Waals surface area (Å²) in [6, 6.07) is 24.2. The molecule has 4 aromatic rings. The molecular weight excluding hydrogens is 444 g/mol. The van der Waals surface area contributed by atoms with Crippen molar-refractivity contribution in [3.63, 3.8) is 0 Å². The van der Waals surface area contributed by atoms with Gasteiger partial charge in [0.2, 0.25) is 0 Å². The molecule has 0 radical (unpaired) electrons. The standard InChI is InChI=1S/C28H26N2O5/c1-33-22-11-7-8-20(18-22)27(31)29-14-16-30(17-15-29)28(32)26-24(19-34-21-9-3-2-4-10-21)23-12-5-6-13-25(23)35-26/h2-13,18H,14-17,19H2,1H3. The molecule has 2 amide bonds. The van der Waals surface area contributed by atoms with Gasteiger partial charge in [0, 0.05) is 42.7 Å². The van der Waals surface area contributed by atoms with Gasteiger partial charge < -0.3 is 23.7 Å². The van der Waals surface area contributed by atoms with E-state index in [0.717, 1.165) is 16.7 Å². The van der Waals surface area contributed by atoms with Gasteiger partial charge in [-0.3, -0.25) is 9.59 Å². The lowest BCUT2D eigenvalue weighted by molar-refractivity contribution is 0.0517. The van der Waals surface area contributed by atoms with Crippen LogP contribution in [0.5, 0.6) is 11.5 Å². The first-order valence-corrected chi connectivity index (χ1v) is 11.5. The number of piperazine rings is 1. The fourth-order valence-electron chi connectivity index (χ4n) is 4.28. The number of nitrogens with zero attached hydrogens (tertiary/aromatic N) is 2. The summed E-state index contributed by atoms with van der Waals surface area (Å²) in [6.45, 7) is 1.95. The van der Waals surface area contributed by atoms with Gasteiger partial charge in [0.1, 0.15) is 23.7 Å². The first-order valence-electron chi connectivity index (χ1n) is 11.5. The van der Waals surface area contributed by atoms with E-state index >= 15 is 0 Å². The lowest BCUT2D eigenvalue weighted by Crippen LogP contribution is -2.50. The Morgan fingerprint density at radius 1 is 0.800 bits per heavy atom. The minimum atomic E-state index is -0.193. The van der Waals surface area contributed by atoms with Gasteiger partial charge in [-0.25, -0.2) is 0 Å². The molecule has 0 bridgehead atoms. The molecule has 178 valence electrons. The summed E-state index contributed by atoms with van der Waals surface area (Å²) < 4.78 is 17.2. The van der Waals surface area contributed by atoms with Crippen LogP contribution in [0.1, 0.15) is 26.5 Å². The Morgan fingerprint density at radius 3 is 2.20 bits per heavy atom. The molecule has 1 aliphatic heterocycles. The van der Waals surface area contributed by atoms with Crippen LogP contribution in [-0.2, 0) is 6.61 Å². The maximum Gasteiger partial charge on any atom is 0.290 e. The summed E-state index contributed by atoms with van der Waals surface area (Å²) in [7, 11) is 1.57. The van der Waals surface area contributed by atoms with E-state index in [-0.39, 0.29) is 24.2 Å². The van der Waals surface area contributed by atoms with Crippen molar-refractivity contribution >= 4 is 22.8 Å². The number of furan rings is 1. The Balaban J connectivity index is 1.31. The highest BCUT2D eigenvalue weighted by molar-refractivity contribution is 5.99. The second kappa shape index (κ2) is 9.93. The summed E-state index contributed by atoms with van der Waals surface area (Å²) in [4.78, 5) is 29.9. The first-order chi connectivity index (χ1) is 17.1. The number of carbonyl (C=O) groups is 2. The minimum absolute atomic E-state index is 0.0725. The highest BCUT2D eigenvalue weighted by atomic mass is 16.5. The molecule has 7 nitrogen and oxygen atoms in total. The third-order valence-corrected chi connectivity index (χ3v) is 6.19. The number of carbonyl (C=O) groups excluding carboxylic acids is 2. The fourth-order valence-corrected chi connectivity index (χ4v) is 4.28. The molecule has 0 aliphatic carbocycles. The van der Waals surface area contributed by atoms with E-state index < -0.39 is 0 Å². The monoisotopic (exact) mass is 470 g/mol. The van der Waals surface area contributed by atoms with Crippen molar-refractivity contribution in [1.29, 1.82) is 0 Å². The van der Waals surface area contributed by atoms with Gasteiger partial charge in [-0.1, -0.05) is 42.5 Å². The number of fused-ring (bicyclic) bond motifs is 1. The zero-order valence-corrected chi connectivity index (χ0v) is 19.5. The number of methoxy groups -OCH3 is 1. The molecule has 2 heterocycles. The molecule has 1 fully saturated rings. The summed E-state index contributed by atoms with van der Waals surface area (Å²) in [5.41, 5.74) is 1.94. The molecule has 1 aromatic heterocycles. The van der Waals surface area contributed by atoms with Gasteiger partial charge in [0.25, 0.3) is 11.8 Å². The Labute approximate surface area is 203 Å². The maximum absolute atomic E-state index is 13.5. The largest absolute Gasteiger partial charge is 0.497 e. The number of hydrogen-bond acceptors (Lipinski definition) is 5. The molecule has 0 atom stereocenters. The summed E-state index contributed by atoms with van der Waals surface area (Å²) >= 11 is 0. The van der Waals surface area contributed by atoms with E-state index in [1.165, 1.54) is 0 Å². The molecule has 0 unspecified atom stereocenters. The van der Waals surface area contributed by atoms with Crippen molar-refractivity contribution in [1.82, 2.24) is 9.80 Å². The van der Waals surface area contributed by atoms with E-state index in [1.807, 2.05) is 54.6 Å². The number of ether oxygens (including phenoxy) is 2. The van der Waals surface area contributed by atoms with Crippen LogP contribution in [0, 0.1) is 0 Å². The molecule has 0 saturated carbocycles.